The molecule has 0 amide bonds. The Balaban J connectivity index is 2.04. The van der Waals surface area contributed by atoms with E-state index in [2.05, 4.69) is 12.2 Å². The van der Waals surface area contributed by atoms with Gasteiger partial charge in [-0.25, -0.2) is 9.18 Å². The van der Waals surface area contributed by atoms with E-state index in [4.69, 9.17) is 5.11 Å². The average molecular weight is 265 g/mol. The van der Waals surface area contributed by atoms with Gasteiger partial charge in [0, 0.05) is 6.04 Å². The number of hydrogen-bond donors (Lipinski definition) is 2. The van der Waals surface area contributed by atoms with E-state index in [9.17, 15) is 9.18 Å². The fourth-order valence-electron chi connectivity index (χ4n) is 2.62. The minimum Gasteiger partial charge on any atom is -0.478 e. The van der Waals surface area contributed by atoms with E-state index >= 15 is 0 Å². The Morgan fingerprint density at radius 2 is 2.11 bits per heavy atom. The van der Waals surface area contributed by atoms with Crippen LogP contribution in [0.1, 0.15) is 49.4 Å². The summed E-state index contributed by atoms with van der Waals surface area (Å²) in [5.74, 6) is -0.850. The molecule has 1 saturated carbocycles. The van der Waals surface area contributed by atoms with Gasteiger partial charge in [-0.15, -0.1) is 0 Å². The Labute approximate surface area is 112 Å². The number of halogens is 1. The maximum absolute atomic E-state index is 13.8. The summed E-state index contributed by atoms with van der Waals surface area (Å²) in [5.41, 5.74) is 0.391. The van der Waals surface area contributed by atoms with Crippen LogP contribution in [-0.2, 0) is 0 Å². The molecule has 2 atom stereocenters. The lowest BCUT2D eigenvalue weighted by molar-refractivity contribution is 0.0696. The summed E-state index contributed by atoms with van der Waals surface area (Å²) in [6.45, 7) is 2.25. The van der Waals surface area contributed by atoms with E-state index in [0.29, 0.717) is 5.69 Å². The van der Waals surface area contributed by atoms with Crippen molar-refractivity contribution in [2.45, 2.75) is 45.1 Å². The van der Waals surface area contributed by atoms with Crippen LogP contribution in [0, 0.1) is 11.7 Å². The molecule has 0 spiro atoms. The lowest BCUT2D eigenvalue weighted by Gasteiger charge is -2.18. The Bertz CT molecular complexity index is 461. The fourth-order valence-corrected chi connectivity index (χ4v) is 2.62. The maximum atomic E-state index is 13.8. The molecule has 2 rings (SSSR count). The lowest BCUT2D eigenvalue weighted by atomic mass is 10.0. The van der Waals surface area contributed by atoms with Crippen LogP contribution in [0.15, 0.2) is 18.2 Å². The number of nitrogens with one attached hydrogen (secondary N) is 1. The molecule has 2 unspecified atom stereocenters. The van der Waals surface area contributed by atoms with Crippen LogP contribution in [0.25, 0.3) is 0 Å². The van der Waals surface area contributed by atoms with Crippen molar-refractivity contribution >= 4 is 11.7 Å². The summed E-state index contributed by atoms with van der Waals surface area (Å²) in [6, 6.07) is 4.32. The van der Waals surface area contributed by atoms with Gasteiger partial charge < -0.3 is 10.4 Å². The van der Waals surface area contributed by atoms with Crippen LogP contribution < -0.4 is 5.32 Å². The van der Waals surface area contributed by atoms with Crippen LogP contribution in [-0.4, -0.2) is 17.1 Å². The summed E-state index contributed by atoms with van der Waals surface area (Å²) >= 11 is 0. The number of aromatic carboxylic acids is 1. The summed E-state index contributed by atoms with van der Waals surface area (Å²) in [5, 5.41) is 12.0. The molecule has 1 aromatic rings. The van der Waals surface area contributed by atoms with Gasteiger partial charge in [0.25, 0.3) is 0 Å². The van der Waals surface area contributed by atoms with E-state index in [1.165, 1.54) is 18.6 Å². The third kappa shape index (κ3) is 3.69. The highest BCUT2D eigenvalue weighted by molar-refractivity contribution is 5.88. The first-order valence-corrected chi connectivity index (χ1v) is 6.85. The molecule has 0 saturated heterocycles. The third-order valence-electron chi connectivity index (χ3n) is 3.83. The Morgan fingerprint density at radius 1 is 1.32 bits per heavy atom. The number of anilines is 1. The summed E-state index contributed by atoms with van der Waals surface area (Å²) in [7, 11) is 0. The van der Waals surface area contributed by atoms with Gasteiger partial charge in [0.2, 0.25) is 0 Å². The van der Waals surface area contributed by atoms with Crippen molar-refractivity contribution in [1.82, 2.24) is 0 Å². The van der Waals surface area contributed by atoms with Crippen molar-refractivity contribution in [3.05, 3.63) is 29.6 Å². The predicted octanol–water partition coefficient (Wildman–Crippen LogP) is 3.90. The molecule has 0 bridgehead atoms. The van der Waals surface area contributed by atoms with Crippen LogP contribution >= 0.6 is 0 Å². The van der Waals surface area contributed by atoms with Crippen molar-refractivity contribution in [2.75, 3.05) is 5.32 Å². The highest BCUT2D eigenvalue weighted by Crippen LogP contribution is 2.26. The molecule has 104 valence electrons. The first kappa shape index (κ1) is 13.8. The molecule has 0 heterocycles. The first-order chi connectivity index (χ1) is 9.06. The van der Waals surface area contributed by atoms with Gasteiger partial charge in [-0.3, -0.25) is 0 Å². The zero-order valence-electron chi connectivity index (χ0n) is 11.2. The van der Waals surface area contributed by atoms with Crippen LogP contribution in [0.4, 0.5) is 10.1 Å². The molecule has 4 heteroatoms. The van der Waals surface area contributed by atoms with Gasteiger partial charge in [-0.05, 0) is 43.4 Å². The molecular formula is C15H20FNO2. The van der Waals surface area contributed by atoms with Crippen molar-refractivity contribution in [2.24, 2.45) is 5.92 Å². The predicted molar refractivity (Wildman–Crippen MR) is 73.0 cm³/mol. The van der Waals surface area contributed by atoms with Crippen molar-refractivity contribution in [3.63, 3.8) is 0 Å². The van der Waals surface area contributed by atoms with Crippen LogP contribution in [0.2, 0.25) is 0 Å². The molecule has 1 fully saturated rings. The molecule has 2 N–H and O–H groups in total. The quantitative estimate of drug-likeness (QED) is 0.815. The number of carboxylic acids is 1. The monoisotopic (exact) mass is 265 g/mol. The summed E-state index contributed by atoms with van der Waals surface area (Å²) in [4.78, 5) is 10.7. The number of hydrogen-bond acceptors (Lipinski definition) is 2. The molecule has 1 aliphatic rings. The molecule has 0 aliphatic heterocycles. The van der Waals surface area contributed by atoms with Gasteiger partial charge in [0.05, 0.1) is 11.3 Å². The van der Waals surface area contributed by atoms with E-state index in [-0.39, 0.29) is 11.6 Å². The minimum absolute atomic E-state index is 0.0162. The standard InChI is InChI=1S/C15H20FNO2/c1-10-3-2-4-12(7-5-10)17-14-8-6-11(15(18)19)9-13(14)16/h6,8-10,12,17H,2-5,7H2,1H3,(H,18,19). The SMILES string of the molecule is CC1CCCC(Nc2ccc(C(=O)O)cc2F)CC1. The van der Waals surface area contributed by atoms with E-state index < -0.39 is 11.8 Å². The molecule has 3 nitrogen and oxygen atoms in total. The second kappa shape index (κ2) is 6.04. The van der Waals surface area contributed by atoms with Gasteiger partial charge >= 0.3 is 5.97 Å². The first-order valence-electron chi connectivity index (χ1n) is 6.85. The van der Waals surface area contributed by atoms with E-state index in [1.54, 1.807) is 0 Å². The number of rotatable bonds is 3. The molecular weight excluding hydrogens is 245 g/mol. The molecule has 0 aromatic heterocycles. The highest BCUT2D eigenvalue weighted by Gasteiger charge is 2.17. The minimum atomic E-state index is -1.10. The van der Waals surface area contributed by atoms with E-state index in [0.717, 1.165) is 37.7 Å². The maximum Gasteiger partial charge on any atom is 0.335 e. The van der Waals surface area contributed by atoms with Gasteiger partial charge in [-0.1, -0.05) is 19.8 Å². The largest absolute Gasteiger partial charge is 0.478 e. The van der Waals surface area contributed by atoms with E-state index in [1.807, 2.05) is 0 Å². The normalized spacial score (nSPS) is 23.7. The van der Waals surface area contributed by atoms with Gasteiger partial charge in [-0.2, -0.15) is 0 Å². The fraction of sp³-hybridized carbons (Fsp3) is 0.533. The average Bonchev–Trinajstić information content (AvgIpc) is 2.57. The molecule has 1 aromatic carbocycles. The van der Waals surface area contributed by atoms with Crippen molar-refractivity contribution in [1.29, 1.82) is 0 Å². The van der Waals surface area contributed by atoms with Crippen LogP contribution in [0.5, 0.6) is 0 Å². The summed E-state index contributed by atoms with van der Waals surface area (Å²) < 4.78 is 13.8. The Kier molecular flexibility index (Phi) is 4.40. The number of carboxylic acid groups (broad SMARTS) is 1. The zero-order chi connectivity index (χ0) is 13.8. The van der Waals surface area contributed by atoms with Crippen LogP contribution in [0.3, 0.4) is 0 Å². The second-order valence-corrected chi connectivity index (χ2v) is 5.45. The van der Waals surface area contributed by atoms with Gasteiger partial charge in [0.15, 0.2) is 0 Å². The second-order valence-electron chi connectivity index (χ2n) is 5.45. The molecule has 1 aliphatic carbocycles. The Hall–Kier alpha value is -1.58. The van der Waals surface area contributed by atoms with Crippen molar-refractivity contribution in [3.8, 4) is 0 Å². The lowest BCUT2D eigenvalue weighted by Crippen LogP contribution is -2.19. The summed E-state index contributed by atoms with van der Waals surface area (Å²) in [6.07, 6.45) is 5.64. The molecule has 19 heavy (non-hydrogen) atoms. The Morgan fingerprint density at radius 3 is 2.79 bits per heavy atom. The highest BCUT2D eigenvalue weighted by atomic mass is 19.1. The zero-order valence-corrected chi connectivity index (χ0v) is 11.2. The molecule has 0 radical (unpaired) electrons. The number of benzene rings is 1. The smallest absolute Gasteiger partial charge is 0.335 e. The van der Waals surface area contributed by atoms with Gasteiger partial charge in [0.1, 0.15) is 5.82 Å². The number of carbonyl (C=O) groups is 1. The topological polar surface area (TPSA) is 49.3 Å². The van der Waals surface area contributed by atoms with Crippen molar-refractivity contribution < 1.29 is 14.3 Å². The third-order valence-corrected chi connectivity index (χ3v) is 3.83.